The third-order valence-electron chi connectivity index (χ3n) is 7.64. The van der Waals surface area contributed by atoms with Crippen LogP contribution in [-0.4, -0.2) is 92.5 Å². The van der Waals surface area contributed by atoms with E-state index in [4.69, 9.17) is 0 Å². The fourth-order valence-electron chi connectivity index (χ4n) is 5.59. The van der Waals surface area contributed by atoms with Gasteiger partial charge in [-0.3, -0.25) is 14.5 Å². The molecule has 9 nitrogen and oxygen atoms in total. The van der Waals surface area contributed by atoms with E-state index in [9.17, 15) is 14.7 Å². The number of hydrogen-bond donors (Lipinski definition) is 2. The van der Waals surface area contributed by atoms with Crippen molar-refractivity contribution >= 4 is 17.6 Å². The molecular formula is C26H34N6O3. The first-order valence-electron chi connectivity index (χ1n) is 12.6. The zero-order valence-electron chi connectivity index (χ0n) is 20.3. The highest BCUT2D eigenvalue weighted by Crippen LogP contribution is 2.26. The van der Waals surface area contributed by atoms with Crippen LogP contribution in [0.25, 0.3) is 0 Å². The molecule has 0 bridgehead atoms. The Morgan fingerprint density at radius 3 is 2.49 bits per heavy atom. The van der Waals surface area contributed by atoms with Gasteiger partial charge in [0.1, 0.15) is 17.8 Å². The molecule has 2 saturated heterocycles. The highest BCUT2D eigenvalue weighted by molar-refractivity contribution is 5.93. The second kappa shape index (κ2) is 10.3. The van der Waals surface area contributed by atoms with E-state index in [-0.39, 0.29) is 23.9 Å². The van der Waals surface area contributed by atoms with Crippen LogP contribution in [-0.2, 0) is 17.8 Å². The number of carbonyl (C=O) groups is 2. The number of likely N-dealkylation sites (tertiary alicyclic amines) is 2. The average molecular weight is 479 g/mol. The van der Waals surface area contributed by atoms with Crippen molar-refractivity contribution in [3.8, 4) is 0 Å². The molecule has 2 fully saturated rings. The predicted molar refractivity (Wildman–Crippen MR) is 132 cm³/mol. The topological polar surface area (TPSA) is 102 Å². The van der Waals surface area contributed by atoms with Crippen LogP contribution >= 0.6 is 0 Å². The number of anilines is 1. The highest BCUT2D eigenvalue weighted by Gasteiger charge is 2.35. The van der Waals surface area contributed by atoms with Crippen LogP contribution in [0.4, 0.5) is 5.82 Å². The predicted octanol–water partition coefficient (Wildman–Crippen LogP) is 1.53. The Bertz CT molecular complexity index is 1070. The van der Waals surface area contributed by atoms with Crippen molar-refractivity contribution in [2.75, 3.05) is 38.0 Å². The lowest BCUT2D eigenvalue weighted by atomic mass is 9.94. The monoisotopic (exact) mass is 478 g/mol. The summed E-state index contributed by atoms with van der Waals surface area (Å²) in [6, 6.07) is 10.5. The number of piperidine rings is 2. The van der Waals surface area contributed by atoms with E-state index < -0.39 is 6.10 Å². The van der Waals surface area contributed by atoms with E-state index in [0.29, 0.717) is 24.6 Å². The second-order valence-corrected chi connectivity index (χ2v) is 9.88. The van der Waals surface area contributed by atoms with E-state index in [1.165, 1.54) is 17.5 Å². The van der Waals surface area contributed by atoms with Crippen molar-refractivity contribution in [2.24, 2.45) is 0 Å². The van der Waals surface area contributed by atoms with Gasteiger partial charge < -0.3 is 20.2 Å². The van der Waals surface area contributed by atoms with Crippen LogP contribution in [0.1, 0.15) is 47.8 Å². The Kier molecular flexibility index (Phi) is 6.97. The SMILES string of the molecule is CC(=O)N1CCC(Nc2cc(C(=O)N3CCC(N4CCc5ccccc5C4)C(O)C3)ncn2)CC1. The van der Waals surface area contributed by atoms with Crippen LogP contribution in [0.5, 0.6) is 0 Å². The van der Waals surface area contributed by atoms with E-state index in [1.807, 2.05) is 4.90 Å². The van der Waals surface area contributed by atoms with Crippen LogP contribution in [0.15, 0.2) is 36.7 Å². The minimum atomic E-state index is -0.594. The largest absolute Gasteiger partial charge is 0.390 e. The van der Waals surface area contributed by atoms with Crippen molar-refractivity contribution in [2.45, 2.75) is 57.3 Å². The van der Waals surface area contributed by atoms with E-state index >= 15 is 0 Å². The fraction of sp³-hybridized carbons (Fsp3) is 0.538. The number of β-amino-alcohol motifs (C(OH)–C–C–N with tert-alkyl or cyclic N) is 1. The number of carbonyl (C=O) groups excluding carboxylic acids is 2. The standard InChI is InChI=1S/C26H34N6O3/c1-18(33)30-11-7-21(8-12-30)29-25-14-22(27-17-28-25)26(35)32-13-9-23(24(34)16-32)31-10-6-19-4-2-3-5-20(19)15-31/h2-5,14,17,21,23-24,34H,6-13,15-16H2,1H3,(H,27,28,29). The number of aliphatic hydroxyl groups is 1. The summed E-state index contributed by atoms with van der Waals surface area (Å²) >= 11 is 0. The number of nitrogens with zero attached hydrogens (tertiary/aromatic N) is 5. The second-order valence-electron chi connectivity index (χ2n) is 9.88. The molecule has 3 aliphatic rings. The zero-order chi connectivity index (χ0) is 24.4. The van der Waals surface area contributed by atoms with Crippen molar-refractivity contribution in [3.05, 3.63) is 53.5 Å². The summed E-state index contributed by atoms with van der Waals surface area (Å²) in [6.07, 6.45) is 4.23. The van der Waals surface area contributed by atoms with E-state index in [2.05, 4.69) is 44.5 Å². The number of benzene rings is 1. The van der Waals surface area contributed by atoms with Gasteiger partial charge in [-0.1, -0.05) is 24.3 Å². The summed E-state index contributed by atoms with van der Waals surface area (Å²) in [5.41, 5.74) is 3.06. The number of amides is 2. The molecule has 0 radical (unpaired) electrons. The van der Waals surface area contributed by atoms with E-state index in [0.717, 1.165) is 51.9 Å². The maximum atomic E-state index is 13.2. The first-order chi connectivity index (χ1) is 17.0. The third-order valence-corrected chi connectivity index (χ3v) is 7.64. The summed E-state index contributed by atoms with van der Waals surface area (Å²) in [4.78, 5) is 39.2. The van der Waals surface area contributed by atoms with Crippen LogP contribution in [0.3, 0.4) is 0 Å². The number of aromatic nitrogens is 2. The first kappa shape index (κ1) is 23.7. The fourth-order valence-corrected chi connectivity index (χ4v) is 5.59. The summed E-state index contributed by atoms with van der Waals surface area (Å²) < 4.78 is 0. The number of nitrogens with one attached hydrogen (secondary N) is 1. The first-order valence-corrected chi connectivity index (χ1v) is 12.6. The molecule has 2 atom stereocenters. The van der Waals surface area contributed by atoms with Crippen LogP contribution in [0, 0.1) is 0 Å². The van der Waals surface area contributed by atoms with E-state index in [1.54, 1.807) is 17.9 Å². The summed E-state index contributed by atoms with van der Waals surface area (Å²) in [6.45, 7) is 5.71. The van der Waals surface area contributed by atoms with Gasteiger partial charge in [-0.05, 0) is 36.8 Å². The maximum Gasteiger partial charge on any atom is 0.272 e. The van der Waals surface area contributed by atoms with Gasteiger partial charge in [-0.15, -0.1) is 0 Å². The molecule has 2 N–H and O–H groups in total. The molecule has 9 heteroatoms. The Labute approximate surface area is 206 Å². The Morgan fingerprint density at radius 1 is 1.00 bits per heavy atom. The zero-order valence-corrected chi connectivity index (χ0v) is 20.3. The summed E-state index contributed by atoms with van der Waals surface area (Å²) in [5, 5.41) is 14.3. The molecule has 2 amide bonds. The minimum Gasteiger partial charge on any atom is -0.390 e. The lowest BCUT2D eigenvalue weighted by Gasteiger charge is -2.43. The highest BCUT2D eigenvalue weighted by atomic mass is 16.3. The number of hydrogen-bond acceptors (Lipinski definition) is 7. The molecular weight excluding hydrogens is 444 g/mol. The summed E-state index contributed by atoms with van der Waals surface area (Å²) in [5.74, 6) is 0.546. The Hall–Kier alpha value is -3.04. The molecule has 2 unspecified atom stereocenters. The Morgan fingerprint density at radius 2 is 1.74 bits per heavy atom. The van der Waals surface area contributed by atoms with Gasteiger partial charge in [0.05, 0.1) is 6.10 Å². The van der Waals surface area contributed by atoms with Crippen molar-refractivity contribution in [1.29, 1.82) is 0 Å². The molecule has 0 spiro atoms. The quantitative estimate of drug-likeness (QED) is 0.687. The van der Waals surface area contributed by atoms with Crippen LogP contribution < -0.4 is 5.32 Å². The van der Waals surface area contributed by atoms with Gasteiger partial charge in [0, 0.05) is 64.3 Å². The van der Waals surface area contributed by atoms with Crippen LogP contribution in [0.2, 0.25) is 0 Å². The van der Waals surface area contributed by atoms with Gasteiger partial charge in [0.15, 0.2) is 0 Å². The third kappa shape index (κ3) is 5.31. The molecule has 2 aromatic rings. The molecule has 35 heavy (non-hydrogen) atoms. The normalized spacial score (nSPS) is 23.6. The Balaban J connectivity index is 1.17. The minimum absolute atomic E-state index is 0.0518. The smallest absolute Gasteiger partial charge is 0.272 e. The van der Waals surface area contributed by atoms with Gasteiger partial charge in [-0.25, -0.2) is 9.97 Å². The van der Waals surface area contributed by atoms with Gasteiger partial charge >= 0.3 is 0 Å². The number of rotatable bonds is 4. The van der Waals surface area contributed by atoms with Gasteiger partial charge in [0.2, 0.25) is 5.91 Å². The molecule has 0 aliphatic carbocycles. The van der Waals surface area contributed by atoms with Gasteiger partial charge in [0.25, 0.3) is 5.91 Å². The molecule has 186 valence electrons. The number of aliphatic hydroxyl groups excluding tert-OH is 1. The average Bonchev–Trinajstić information content (AvgIpc) is 2.88. The lowest BCUT2D eigenvalue weighted by molar-refractivity contribution is -0.129. The molecule has 0 saturated carbocycles. The maximum absolute atomic E-state index is 13.2. The lowest BCUT2D eigenvalue weighted by Crippen LogP contribution is -2.56. The van der Waals surface area contributed by atoms with Crippen molar-refractivity contribution < 1.29 is 14.7 Å². The number of fused-ring (bicyclic) bond motifs is 1. The van der Waals surface area contributed by atoms with Crippen molar-refractivity contribution in [1.82, 2.24) is 24.7 Å². The molecule has 1 aromatic heterocycles. The molecule has 1 aromatic carbocycles. The molecule has 4 heterocycles. The molecule has 5 rings (SSSR count). The summed E-state index contributed by atoms with van der Waals surface area (Å²) in [7, 11) is 0. The van der Waals surface area contributed by atoms with Gasteiger partial charge in [-0.2, -0.15) is 0 Å². The molecule has 3 aliphatic heterocycles. The van der Waals surface area contributed by atoms with Crippen molar-refractivity contribution in [3.63, 3.8) is 0 Å².